The van der Waals surface area contributed by atoms with Crippen molar-refractivity contribution in [1.29, 1.82) is 0 Å². The maximum absolute atomic E-state index is 13.0. The first-order valence-electron chi connectivity index (χ1n) is 10.9. The summed E-state index contributed by atoms with van der Waals surface area (Å²) in [7, 11) is 0. The minimum Gasteiger partial charge on any atom is -0.316 e. The van der Waals surface area contributed by atoms with Gasteiger partial charge in [0.05, 0.1) is 11.4 Å². The van der Waals surface area contributed by atoms with Gasteiger partial charge in [0.2, 0.25) is 0 Å². The first-order chi connectivity index (χ1) is 12.1. The number of hydrogen-bond donors (Lipinski definition) is 1. The van der Waals surface area contributed by atoms with E-state index in [1.54, 1.807) is 0 Å². The van der Waals surface area contributed by atoms with E-state index in [0.717, 1.165) is 49.0 Å². The minimum absolute atomic E-state index is 0.271. The lowest BCUT2D eigenvalue weighted by Gasteiger charge is -2.60. The summed E-state index contributed by atoms with van der Waals surface area (Å²) in [5, 5.41) is 3.99. The summed E-state index contributed by atoms with van der Waals surface area (Å²) < 4.78 is 19.3. The molecule has 0 spiro atoms. The van der Waals surface area contributed by atoms with E-state index in [0.29, 0.717) is 23.0 Å². The molecule has 25 heavy (non-hydrogen) atoms. The van der Waals surface area contributed by atoms with Gasteiger partial charge in [-0.3, -0.25) is 4.18 Å². The van der Waals surface area contributed by atoms with Crippen LogP contribution in [0.1, 0.15) is 58.8 Å². The molecule has 3 aliphatic carbocycles. The molecule has 0 aromatic heterocycles. The smallest absolute Gasteiger partial charge is 0.159 e. The molecule has 5 rings (SSSR count). The normalized spacial score (nSPS) is 58.4. The maximum atomic E-state index is 13.0. The lowest BCUT2D eigenvalue weighted by molar-refractivity contribution is -0.103. The van der Waals surface area contributed by atoms with Gasteiger partial charge in [-0.1, -0.05) is 26.7 Å². The molecule has 5 fully saturated rings. The van der Waals surface area contributed by atoms with Gasteiger partial charge in [0, 0.05) is 0 Å². The third kappa shape index (κ3) is 2.69. The predicted octanol–water partition coefficient (Wildman–Crippen LogP) is 3.76. The van der Waals surface area contributed by atoms with Crippen LogP contribution in [0.5, 0.6) is 0 Å². The largest absolute Gasteiger partial charge is 0.316 e. The predicted molar refractivity (Wildman–Crippen MR) is 101 cm³/mol. The van der Waals surface area contributed by atoms with E-state index in [1.165, 1.54) is 38.6 Å². The van der Waals surface area contributed by atoms with Crippen LogP contribution < -0.4 is 5.32 Å². The van der Waals surface area contributed by atoms with Crippen molar-refractivity contribution in [1.82, 2.24) is 5.32 Å². The van der Waals surface area contributed by atoms with Crippen molar-refractivity contribution in [2.75, 3.05) is 13.1 Å². The summed E-state index contributed by atoms with van der Waals surface area (Å²) in [6.07, 6.45) is 9.54. The van der Waals surface area contributed by atoms with Crippen LogP contribution in [0.3, 0.4) is 0 Å². The number of piperidine rings is 1. The van der Waals surface area contributed by atoms with Crippen LogP contribution in [0.25, 0.3) is 0 Å². The van der Waals surface area contributed by atoms with Crippen LogP contribution in [0.4, 0.5) is 0 Å². The van der Waals surface area contributed by atoms with Crippen LogP contribution in [-0.2, 0) is 15.3 Å². The standard InChI is InChI=1S/C21H35NO2S/c1-12-9-18-20(16-6-4-3-5-14(12)16)21-17-11-22-8-7-15(17)13(2)10-19(21)25(23)24-18/h12-22H,3-11H2,1-2H3. The molecule has 2 aliphatic heterocycles. The van der Waals surface area contributed by atoms with Crippen molar-refractivity contribution >= 4 is 11.1 Å². The summed E-state index contributed by atoms with van der Waals surface area (Å²) in [5.41, 5.74) is 0. The fourth-order valence-corrected chi connectivity index (χ4v) is 9.62. The highest BCUT2D eigenvalue weighted by atomic mass is 32.2. The third-order valence-electron chi connectivity index (χ3n) is 8.89. The SMILES string of the molecule is CC1CC2OS(=O)C3CC(C)C4CCNCC4C3C2C2CCCCC12. The summed E-state index contributed by atoms with van der Waals surface area (Å²) in [6.45, 7) is 7.18. The molecule has 142 valence electrons. The van der Waals surface area contributed by atoms with Gasteiger partial charge in [-0.15, -0.1) is 0 Å². The van der Waals surface area contributed by atoms with Gasteiger partial charge in [0.15, 0.2) is 11.1 Å². The highest BCUT2D eigenvalue weighted by Crippen LogP contribution is 2.58. The molecule has 4 heteroatoms. The van der Waals surface area contributed by atoms with E-state index in [2.05, 4.69) is 19.2 Å². The van der Waals surface area contributed by atoms with Gasteiger partial charge in [0.25, 0.3) is 0 Å². The van der Waals surface area contributed by atoms with E-state index < -0.39 is 11.1 Å². The van der Waals surface area contributed by atoms with Crippen molar-refractivity contribution in [2.24, 2.45) is 47.3 Å². The van der Waals surface area contributed by atoms with Crippen molar-refractivity contribution < 1.29 is 8.39 Å². The summed E-state index contributed by atoms with van der Waals surface area (Å²) in [6, 6.07) is 0. The zero-order valence-electron chi connectivity index (χ0n) is 15.9. The molecule has 2 saturated heterocycles. The average molecular weight is 366 g/mol. The minimum atomic E-state index is -1.07. The van der Waals surface area contributed by atoms with Gasteiger partial charge in [-0.25, -0.2) is 4.21 Å². The Kier molecular flexibility index (Phi) is 4.53. The summed E-state index contributed by atoms with van der Waals surface area (Å²) in [4.78, 5) is 0. The van der Waals surface area contributed by atoms with Gasteiger partial charge in [0.1, 0.15) is 0 Å². The summed E-state index contributed by atoms with van der Waals surface area (Å²) >= 11 is -1.07. The van der Waals surface area contributed by atoms with Gasteiger partial charge in [-0.2, -0.15) is 0 Å². The maximum Gasteiger partial charge on any atom is 0.159 e. The monoisotopic (exact) mass is 365 g/mol. The second-order valence-electron chi connectivity index (χ2n) is 9.95. The van der Waals surface area contributed by atoms with Crippen LogP contribution in [-0.4, -0.2) is 28.7 Å². The van der Waals surface area contributed by atoms with Crippen molar-refractivity contribution in [3.05, 3.63) is 0 Å². The topological polar surface area (TPSA) is 38.3 Å². The van der Waals surface area contributed by atoms with Crippen molar-refractivity contribution in [3.63, 3.8) is 0 Å². The van der Waals surface area contributed by atoms with Crippen LogP contribution >= 0.6 is 0 Å². The molecule has 0 amide bonds. The van der Waals surface area contributed by atoms with E-state index >= 15 is 0 Å². The Hall–Kier alpha value is 0.0700. The number of rotatable bonds is 0. The molecule has 2 heterocycles. The molecule has 1 N–H and O–H groups in total. The molecule has 3 saturated carbocycles. The van der Waals surface area contributed by atoms with E-state index in [9.17, 15) is 4.21 Å². The first-order valence-corrected chi connectivity index (χ1v) is 12.1. The highest BCUT2D eigenvalue weighted by Gasteiger charge is 2.59. The Morgan fingerprint density at radius 1 is 0.880 bits per heavy atom. The molecule has 0 bridgehead atoms. The Morgan fingerprint density at radius 3 is 2.44 bits per heavy atom. The molecule has 0 aromatic rings. The highest BCUT2D eigenvalue weighted by molar-refractivity contribution is 7.80. The Morgan fingerprint density at radius 2 is 1.60 bits per heavy atom. The Labute approximate surface area is 155 Å². The third-order valence-corrected chi connectivity index (χ3v) is 10.3. The zero-order chi connectivity index (χ0) is 17.1. The number of nitrogens with one attached hydrogen (secondary N) is 1. The average Bonchev–Trinajstić information content (AvgIpc) is 2.63. The van der Waals surface area contributed by atoms with E-state index in [-0.39, 0.29) is 6.10 Å². The van der Waals surface area contributed by atoms with Gasteiger partial charge >= 0.3 is 0 Å². The zero-order valence-corrected chi connectivity index (χ0v) is 16.7. The molecular weight excluding hydrogens is 330 g/mol. The van der Waals surface area contributed by atoms with Gasteiger partial charge in [-0.05, 0) is 92.5 Å². The molecular formula is C21H35NO2S. The molecule has 11 unspecified atom stereocenters. The number of fused-ring (bicyclic) bond motifs is 7. The second-order valence-corrected chi connectivity index (χ2v) is 11.3. The van der Waals surface area contributed by atoms with Crippen LogP contribution in [0.2, 0.25) is 0 Å². The second kappa shape index (κ2) is 6.60. The molecule has 0 aromatic carbocycles. The molecule has 0 radical (unpaired) electrons. The lowest BCUT2D eigenvalue weighted by Crippen LogP contribution is -2.62. The fraction of sp³-hybridized carbons (Fsp3) is 1.00. The molecule has 11 atom stereocenters. The molecule has 3 nitrogen and oxygen atoms in total. The van der Waals surface area contributed by atoms with Crippen LogP contribution in [0, 0.1) is 47.3 Å². The van der Waals surface area contributed by atoms with Crippen molar-refractivity contribution in [2.45, 2.75) is 70.1 Å². The number of hydrogen-bond acceptors (Lipinski definition) is 3. The fourth-order valence-electron chi connectivity index (χ4n) is 7.92. The lowest BCUT2D eigenvalue weighted by atomic mass is 9.52. The Bertz CT molecular complexity index is 540. The van der Waals surface area contributed by atoms with E-state index in [4.69, 9.17) is 4.18 Å². The quantitative estimate of drug-likeness (QED) is 0.710. The Balaban J connectivity index is 1.52. The first kappa shape index (κ1) is 17.2. The summed E-state index contributed by atoms with van der Waals surface area (Å²) in [5.74, 6) is 6.11. The van der Waals surface area contributed by atoms with Crippen molar-refractivity contribution in [3.8, 4) is 0 Å². The van der Waals surface area contributed by atoms with E-state index in [1.807, 2.05) is 0 Å². The van der Waals surface area contributed by atoms with Gasteiger partial charge < -0.3 is 5.32 Å². The molecule has 5 aliphatic rings. The van der Waals surface area contributed by atoms with Crippen LogP contribution in [0.15, 0.2) is 0 Å².